The van der Waals surface area contributed by atoms with E-state index >= 15 is 0 Å². The number of carboxylic acid groups (broad SMARTS) is 1. The minimum Gasteiger partial charge on any atom is -0.481 e. The molecule has 2 N–H and O–H groups in total. The molecule has 1 saturated carbocycles. The molecule has 0 bridgehead atoms. The van der Waals surface area contributed by atoms with Gasteiger partial charge in [-0.15, -0.1) is 0 Å². The number of fused-ring (bicyclic) bond motifs is 1. The van der Waals surface area contributed by atoms with Crippen molar-refractivity contribution >= 4 is 11.9 Å². The summed E-state index contributed by atoms with van der Waals surface area (Å²) in [7, 11) is 0. The van der Waals surface area contributed by atoms with Crippen LogP contribution in [-0.4, -0.2) is 47.1 Å². The summed E-state index contributed by atoms with van der Waals surface area (Å²) in [6.07, 6.45) is 5.91. The number of aliphatic carboxylic acids is 1. The molecule has 3 fully saturated rings. The van der Waals surface area contributed by atoms with Crippen LogP contribution < -0.4 is 5.32 Å². The van der Waals surface area contributed by atoms with Crippen LogP contribution >= 0.6 is 0 Å². The van der Waals surface area contributed by atoms with Crippen molar-refractivity contribution in [3.63, 3.8) is 0 Å². The molecule has 3 rings (SSSR count). The fourth-order valence-electron chi connectivity index (χ4n) is 3.55. The molecule has 100 valence electrons. The van der Waals surface area contributed by atoms with Gasteiger partial charge >= 0.3 is 5.97 Å². The van der Waals surface area contributed by atoms with Gasteiger partial charge in [0.2, 0.25) is 5.91 Å². The van der Waals surface area contributed by atoms with Crippen LogP contribution in [0.4, 0.5) is 0 Å². The smallest absolute Gasteiger partial charge is 0.310 e. The number of hydrogen-bond donors (Lipinski definition) is 2. The van der Waals surface area contributed by atoms with Crippen LogP contribution in [0, 0.1) is 11.8 Å². The van der Waals surface area contributed by atoms with E-state index in [9.17, 15) is 9.59 Å². The Morgan fingerprint density at radius 3 is 2.56 bits per heavy atom. The van der Waals surface area contributed by atoms with Crippen molar-refractivity contribution in [2.24, 2.45) is 11.8 Å². The summed E-state index contributed by atoms with van der Waals surface area (Å²) >= 11 is 0. The molecule has 1 aliphatic carbocycles. The highest BCUT2D eigenvalue weighted by molar-refractivity contribution is 5.85. The number of carboxylic acids is 1. The first-order valence-electron chi connectivity index (χ1n) is 6.93. The van der Waals surface area contributed by atoms with Crippen LogP contribution in [0.5, 0.6) is 0 Å². The van der Waals surface area contributed by atoms with Gasteiger partial charge in [-0.2, -0.15) is 0 Å². The van der Waals surface area contributed by atoms with E-state index in [1.165, 1.54) is 25.7 Å². The number of amides is 1. The van der Waals surface area contributed by atoms with Crippen molar-refractivity contribution in [3.8, 4) is 0 Å². The van der Waals surface area contributed by atoms with Gasteiger partial charge in [0.15, 0.2) is 0 Å². The zero-order valence-corrected chi connectivity index (χ0v) is 10.5. The molecule has 2 aliphatic heterocycles. The highest BCUT2D eigenvalue weighted by atomic mass is 16.4. The first-order valence-corrected chi connectivity index (χ1v) is 6.93. The van der Waals surface area contributed by atoms with Gasteiger partial charge in [0.1, 0.15) is 0 Å². The number of hydrogen-bond acceptors (Lipinski definition) is 3. The molecule has 3 aliphatic rings. The first-order chi connectivity index (χ1) is 8.65. The second-order valence-electron chi connectivity index (χ2n) is 5.88. The summed E-state index contributed by atoms with van der Waals surface area (Å²) in [4.78, 5) is 24.6. The molecule has 0 spiro atoms. The number of likely N-dealkylation sites (tertiary alicyclic amines) is 1. The number of rotatable bonds is 2. The maximum atomic E-state index is 12.2. The second-order valence-corrected chi connectivity index (χ2v) is 5.88. The quantitative estimate of drug-likeness (QED) is 0.748. The van der Waals surface area contributed by atoms with E-state index in [-0.39, 0.29) is 17.9 Å². The summed E-state index contributed by atoms with van der Waals surface area (Å²) in [6.45, 7) is 0.781. The van der Waals surface area contributed by atoms with Gasteiger partial charge in [-0.1, -0.05) is 12.8 Å². The van der Waals surface area contributed by atoms with Gasteiger partial charge in [0.05, 0.1) is 12.0 Å². The van der Waals surface area contributed by atoms with E-state index in [1.54, 1.807) is 4.90 Å². The topological polar surface area (TPSA) is 69.6 Å². The molecular weight excluding hydrogens is 232 g/mol. The van der Waals surface area contributed by atoms with Crippen molar-refractivity contribution in [2.75, 3.05) is 13.1 Å². The van der Waals surface area contributed by atoms with E-state index in [0.29, 0.717) is 25.0 Å². The fourth-order valence-corrected chi connectivity index (χ4v) is 3.55. The third-order valence-electron chi connectivity index (χ3n) is 4.70. The highest BCUT2D eigenvalue weighted by Crippen LogP contribution is 2.34. The van der Waals surface area contributed by atoms with Crippen LogP contribution in [0.3, 0.4) is 0 Å². The largest absolute Gasteiger partial charge is 0.481 e. The molecule has 1 amide bonds. The predicted molar refractivity (Wildman–Crippen MR) is 65.0 cm³/mol. The molecule has 0 aromatic rings. The molecule has 2 heterocycles. The van der Waals surface area contributed by atoms with Gasteiger partial charge in [0, 0.05) is 19.1 Å². The minimum absolute atomic E-state index is 0.0622. The molecule has 18 heavy (non-hydrogen) atoms. The van der Waals surface area contributed by atoms with E-state index in [4.69, 9.17) is 5.11 Å². The number of nitrogens with one attached hydrogen (secondary N) is 1. The molecule has 5 nitrogen and oxygen atoms in total. The van der Waals surface area contributed by atoms with Gasteiger partial charge in [-0.25, -0.2) is 0 Å². The maximum Gasteiger partial charge on any atom is 0.310 e. The van der Waals surface area contributed by atoms with Gasteiger partial charge in [-0.3, -0.25) is 9.59 Å². The SMILES string of the molecule is O=C(O)C1CN(C(=O)C2CC3CCCCC3N2)C1. The Hall–Kier alpha value is -1.10. The second kappa shape index (κ2) is 4.53. The third-order valence-corrected chi connectivity index (χ3v) is 4.70. The summed E-state index contributed by atoms with van der Waals surface area (Å²) < 4.78 is 0. The monoisotopic (exact) mass is 252 g/mol. The lowest BCUT2D eigenvalue weighted by molar-refractivity contribution is -0.153. The van der Waals surface area contributed by atoms with Crippen LogP contribution in [0.1, 0.15) is 32.1 Å². The Bertz CT molecular complexity index is 351. The fraction of sp³-hybridized carbons (Fsp3) is 0.846. The lowest BCUT2D eigenvalue weighted by atomic mass is 9.85. The molecule has 0 radical (unpaired) electrons. The zero-order valence-electron chi connectivity index (χ0n) is 10.5. The van der Waals surface area contributed by atoms with Gasteiger partial charge in [-0.05, 0) is 25.2 Å². The number of nitrogens with zero attached hydrogens (tertiary/aromatic N) is 1. The molecule has 0 aromatic heterocycles. The van der Waals surface area contributed by atoms with E-state index < -0.39 is 5.97 Å². The zero-order chi connectivity index (χ0) is 12.7. The molecule has 3 unspecified atom stereocenters. The Morgan fingerprint density at radius 1 is 1.17 bits per heavy atom. The summed E-state index contributed by atoms with van der Waals surface area (Å²) in [6, 6.07) is 0.456. The maximum absolute atomic E-state index is 12.2. The van der Waals surface area contributed by atoms with E-state index in [2.05, 4.69) is 5.32 Å². The number of carbonyl (C=O) groups excluding carboxylic acids is 1. The average molecular weight is 252 g/mol. The van der Waals surface area contributed by atoms with Crippen molar-refractivity contribution in [1.82, 2.24) is 10.2 Å². The van der Waals surface area contributed by atoms with Gasteiger partial charge < -0.3 is 15.3 Å². The van der Waals surface area contributed by atoms with E-state index in [0.717, 1.165) is 6.42 Å². The first kappa shape index (κ1) is 12.0. The lowest BCUT2D eigenvalue weighted by Gasteiger charge is -2.38. The summed E-state index contributed by atoms with van der Waals surface area (Å²) in [5.74, 6) is -0.365. The summed E-state index contributed by atoms with van der Waals surface area (Å²) in [5.41, 5.74) is 0. The van der Waals surface area contributed by atoms with Crippen molar-refractivity contribution in [3.05, 3.63) is 0 Å². The lowest BCUT2D eigenvalue weighted by Crippen LogP contribution is -2.57. The Labute approximate surface area is 107 Å². The highest BCUT2D eigenvalue weighted by Gasteiger charge is 2.43. The van der Waals surface area contributed by atoms with Crippen molar-refractivity contribution in [2.45, 2.75) is 44.2 Å². The van der Waals surface area contributed by atoms with Crippen molar-refractivity contribution in [1.29, 1.82) is 0 Å². The Kier molecular flexibility index (Phi) is 3.01. The molecule has 3 atom stereocenters. The Morgan fingerprint density at radius 2 is 1.89 bits per heavy atom. The molecule has 2 saturated heterocycles. The average Bonchev–Trinajstić information content (AvgIpc) is 2.69. The van der Waals surface area contributed by atoms with Crippen LogP contribution in [0.25, 0.3) is 0 Å². The van der Waals surface area contributed by atoms with E-state index in [1.807, 2.05) is 0 Å². The predicted octanol–water partition coefficient (Wildman–Crippen LogP) is 0.450. The minimum atomic E-state index is -0.785. The standard InChI is InChI=1S/C13H20N2O3/c16-12(15-6-9(7-15)13(17)18)11-5-8-3-1-2-4-10(8)14-11/h8-11,14H,1-7H2,(H,17,18). The van der Waals surface area contributed by atoms with Crippen molar-refractivity contribution < 1.29 is 14.7 Å². The molecule has 5 heteroatoms. The Balaban J connectivity index is 1.54. The van der Waals surface area contributed by atoms with Crippen LogP contribution in [0.2, 0.25) is 0 Å². The van der Waals surface area contributed by atoms with Gasteiger partial charge in [0.25, 0.3) is 0 Å². The molecule has 0 aromatic carbocycles. The molecular formula is C13H20N2O3. The van der Waals surface area contributed by atoms with Crippen LogP contribution in [-0.2, 0) is 9.59 Å². The third kappa shape index (κ3) is 2.00. The normalized spacial score (nSPS) is 36.0. The van der Waals surface area contributed by atoms with Crippen LogP contribution in [0.15, 0.2) is 0 Å². The summed E-state index contributed by atoms with van der Waals surface area (Å²) in [5, 5.41) is 12.3. The number of carbonyl (C=O) groups is 2.